The van der Waals surface area contributed by atoms with Crippen molar-refractivity contribution < 1.29 is 14.4 Å². The minimum Gasteiger partial charge on any atom is -0.352 e. The van der Waals surface area contributed by atoms with Crippen LogP contribution in [0.4, 0.5) is 0 Å². The molecule has 6 heteroatoms. The second-order valence-corrected chi connectivity index (χ2v) is 10.4. The minimum absolute atomic E-state index is 0.0751. The lowest BCUT2D eigenvalue weighted by Gasteiger charge is -2.32. The predicted molar refractivity (Wildman–Crippen MR) is 138 cm³/mol. The van der Waals surface area contributed by atoms with Gasteiger partial charge >= 0.3 is 0 Å². The summed E-state index contributed by atoms with van der Waals surface area (Å²) in [7, 11) is 0. The Morgan fingerprint density at radius 1 is 1.03 bits per heavy atom. The van der Waals surface area contributed by atoms with Crippen molar-refractivity contribution in [3.8, 4) is 0 Å². The van der Waals surface area contributed by atoms with Crippen molar-refractivity contribution in [3.05, 3.63) is 59.2 Å². The Balaban J connectivity index is 1.22. The molecule has 0 spiro atoms. The van der Waals surface area contributed by atoms with Crippen LogP contribution < -0.4 is 10.6 Å². The van der Waals surface area contributed by atoms with Crippen molar-refractivity contribution in [2.45, 2.75) is 83.2 Å². The maximum absolute atomic E-state index is 12.9. The molecule has 1 aliphatic heterocycles. The molecule has 3 amide bonds. The van der Waals surface area contributed by atoms with Crippen LogP contribution in [-0.2, 0) is 20.8 Å². The average Bonchev–Trinajstić information content (AvgIpc) is 3.68. The van der Waals surface area contributed by atoms with Gasteiger partial charge in [-0.15, -0.1) is 0 Å². The summed E-state index contributed by atoms with van der Waals surface area (Å²) < 4.78 is 0. The van der Waals surface area contributed by atoms with Crippen molar-refractivity contribution in [3.63, 3.8) is 0 Å². The number of amides is 3. The van der Waals surface area contributed by atoms with Crippen LogP contribution in [0.2, 0.25) is 0 Å². The molecule has 2 aliphatic carbocycles. The first-order valence-corrected chi connectivity index (χ1v) is 13.2. The molecule has 2 fully saturated rings. The number of carbonyl (C=O) groups excluding carboxylic acids is 3. The third-order valence-electron chi connectivity index (χ3n) is 7.28. The van der Waals surface area contributed by atoms with Crippen molar-refractivity contribution in [1.29, 1.82) is 0 Å². The van der Waals surface area contributed by atoms with Crippen molar-refractivity contribution >= 4 is 17.7 Å². The molecule has 0 radical (unpaired) electrons. The Morgan fingerprint density at radius 2 is 1.77 bits per heavy atom. The lowest BCUT2D eigenvalue weighted by atomic mass is 9.92. The summed E-state index contributed by atoms with van der Waals surface area (Å²) in [5, 5.41) is 6.05. The predicted octanol–water partition coefficient (Wildman–Crippen LogP) is 3.99. The molecule has 1 aromatic rings. The van der Waals surface area contributed by atoms with Crippen LogP contribution in [0, 0.1) is 12.8 Å². The first-order valence-electron chi connectivity index (χ1n) is 13.2. The quantitative estimate of drug-likeness (QED) is 0.535. The first-order chi connectivity index (χ1) is 17.0. The Morgan fingerprint density at radius 3 is 2.43 bits per heavy atom. The molecule has 6 nitrogen and oxygen atoms in total. The molecule has 1 unspecified atom stereocenters. The zero-order chi connectivity index (χ0) is 24.6. The standard InChI is InChI=1S/C29H39N3O3/c1-21-7-9-23(10-8-21)19-26(29(35)30-25-12-13-25)31-27(33)20-24-15-17-32(18-16-24)28(34)14-11-22-5-3-2-4-6-22/h3,5-10,24-26H,2,4,11-20H2,1H3,(H,30,35)(H,31,33). The molecule has 1 saturated heterocycles. The molecule has 35 heavy (non-hydrogen) atoms. The number of nitrogens with zero attached hydrogens (tertiary/aromatic N) is 1. The van der Waals surface area contributed by atoms with Crippen LogP contribution >= 0.6 is 0 Å². The number of hydrogen-bond donors (Lipinski definition) is 2. The van der Waals surface area contributed by atoms with Gasteiger partial charge in [-0.2, -0.15) is 0 Å². The number of likely N-dealkylation sites (tertiary alicyclic amines) is 1. The van der Waals surface area contributed by atoms with Gasteiger partial charge in [-0.3, -0.25) is 14.4 Å². The third kappa shape index (κ3) is 8.08. The summed E-state index contributed by atoms with van der Waals surface area (Å²) in [4.78, 5) is 40.3. The highest BCUT2D eigenvalue weighted by Crippen LogP contribution is 2.23. The van der Waals surface area contributed by atoms with Gasteiger partial charge in [0.05, 0.1) is 0 Å². The second kappa shape index (κ2) is 12.2. The molecule has 1 atom stereocenters. The number of piperidine rings is 1. The lowest BCUT2D eigenvalue weighted by molar-refractivity contribution is -0.133. The molecule has 0 bridgehead atoms. The molecule has 188 valence electrons. The fraction of sp³-hybridized carbons (Fsp3) is 0.552. The number of aryl methyl sites for hydroxylation is 1. The monoisotopic (exact) mass is 477 g/mol. The van der Waals surface area contributed by atoms with Crippen LogP contribution in [0.15, 0.2) is 48.1 Å². The smallest absolute Gasteiger partial charge is 0.243 e. The van der Waals surface area contributed by atoms with Gasteiger partial charge in [0.25, 0.3) is 0 Å². The molecule has 1 heterocycles. The number of benzene rings is 1. The largest absolute Gasteiger partial charge is 0.352 e. The van der Waals surface area contributed by atoms with E-state index >= 15 is 0 Å². The lowest BCUT2D eigenvalue weighted by Crippen LogP contribution is -2.49. The molecule has 1 saturated carbocycles. The minimum atomic E-state index is -0.560. The molecule has 4 rings (SSSR count). The molecular formula is C29H39N3O3. The van der Waals surface area contributed by atoms with Crippen molar-refractivity contribution in [2.75, 3.05) is 13.1 Å². The van der Waals surface area contributed by atoms with Gasteiger partial charge < -0.3 is 15.5 Å². The molecule has 3 aliphatic rings. The van der Waals surface area contributed by atoms with E-state index in [0.717, 1.165) is 50.5 Å². The molecule has 2 N–H and O–H groups in total. The van der Waals surface area contributed by atoms with Gasteiger partial charge in [-0.1, -0.05) is 53.6 Å². The number of allylic oxidation sites excluding steroid dienone is 4. The zero-order valence-corrected chi connectivity index (χ0v) is 20.9. The molecule has 0 aromatic heterocycles. The van der Waals surface area contributed by atoms with E-state index in [0.29, 0.717) is 32.4 Å². The first kappa shape index (κ1) is 25.2. The van der Waals surface area contributed by atoms with Crippen LogP contribution in [0.3, 0.4) is 0 Å². The van der Waals surface area contributed by atoms with Gasteiger partial charge in [-0.05, 0) is 63.4 Å². The fourth-order valence-corrected chi connectivity index (χ4v) is 4.86. The summed E-state index contributed by atoms with van der Waals surface area (Å²) >= 11 is 0. The Hall–Kier alpha value is -2.89. The maximum Gasteiger partial charge on any atom is 0.243 e. The van der Waals surface area contributed by atoms with Gasteiger partial charge in [0.1, 0.15) is 6.04 Å². The van der Waals surface area contributed by atoms with Gasteiger partial charge in [0.15, 0.2) is 0 Å². The highest BCUT2D eigenvalue weighted by molar-refractivity contribution is 5.88. The van der Waals surface area contributed by atoms with E-state index in [2.05, 4.69) is 28.9 Å². The van der Waals surface area contributed by atoms with Gasteiger partial charge in [0.2, 0.25) is 17.7 Å². The van der Waals surface area contributed by atoms with E-state index in [1.807, 2.05) is 36.1 Å². The Bertz CT molecular complexity index is 954. The summed E-state index contributed by atoms with van der Waals surface area (Å²) in [6.07, 6.45) is 14.7. The van der Waals surface area contributed by atoms with E-state index in [9.17, 15) is 14.4 Å². The third-order valence-corrected chi connectivity index (χ3v) is 7.28. The molecule has 1 aromatic carbocycles. The Kier molecular flexibility index (Phi) is 8.78. The van der Waals surface area contributed by atoms with Gasteiger partial charge in [-0.25, -0.2) is 0 Å². The Labute approximate surface area is 209 Å². The topological polar surface area (TPSA) is 78.5 Å². The van der Waals surface area contributed by atoms with E-state index in [-0.39, 0.29) is 29.7 Å². The SMILES string of the molecule is Cc1ccc(CC(NC(=O)CC2CCN(C(=O)CCC3=CCCC=C3)CC2)C(=O)NC2CC2)cc1. The van der Waals surface area contributed by atoms with E-state index in [1.165, 1.54) is 11.1 Å². The van der Waals surface area contributed by atoms with E-state index in [1.54, 1.807) is 0 Å². The van der Waals surface area contributed by atoms with Crippen molar-refractivity contribution in [2.24, 2.45) is 5.92 Å². The van der Waals surface area contributed by atoms with Crippen LogP contribution in [-0.4, -0.2) is 47.8 Å². The highest BCUT2D eigenvalue weighted by atomic mass is 16.2. The normalized spacial score (nSPS) is 19.1. The summed E-state index contributed by atoms with van der Waals surface area (Å²) in [5.74, 6) is 0.288. The van der Waals surface area contributed by atoms with Crippen LogP contribution in [0.1, 0.15) is 68.9 Å². The van der Waals surface area contributed by atoms with Crippen molar-refractivity contribution in [1.82, 2.24) is 15.5 Å². The highest BCUT2D eigenvalue weighted by Gasteiger charge is 2.30. The molecular weight excluding hydrogens is 438 g/mol. The number of carbonyl (C=O) groups is 3. The average molecular weight is 478 g/mol. The number of nitrogens with one attached hydrogen (secondary N) is 2. The van der Waals surface area contributed by atoms with E-state index < -0.39 is 6.04 Å². The summed E-state index contributed by atoms with van der Waals surface area (Å²) in [6, 6.07) is 7.80. The van der Waals surface area contributed by atoms with Gasteiger partial charge in [0, 0.05) is 38.4 Å². The number of rotatable bonds is 10. The van der Waals surface area contributed by atoms with Crippen LogP contribution in [0.5, 0.6) is 0 Å². The summed E-state index contributed by atoms with van der Waals surface area (Å²) in [5.41, 5.74) is 3.48. The summed E-state index contributed by atoms with van der Waals surface area (Å²) in [6.45, 7) is 3.45. The fourth-order valence-electron chi connectivity index (χ4n) is 4.86. The van der Waals surface area contributed by atoms with E-state index in [4.69, 9.17) is 0 Å². The second-order valence-electron chi connectivity index (χ2n) is 10.4. The number of hydrogen-bond acceptors (Lipinski definition) is 3. The van der Waals surface area contributed by atoms with Crippen LogP contribution in [0.25, 0.3) is 0 Å². The maximum atomic E-state index is 12.9. The zero-order valence-electron chi connectivity index (χ0n) is 20.9.